The molecule has 2 aromatic rings. The minimum atomic E-state index is -1.11. The van der Waals surface area contributed by atoms with Gasteiger partial charge in [-0.15, -0.1) is 0 Å². The summed E-state index contributed by atoms with van der Waals surface area (Å²) in [7, 11) is -2.21. The summed E-state index contributed by atoms with van der Waals surface area (Å²) < 4.78 is 10.3. The zero-order chi connectivity index (χ0) is 27.2. The number of carbonyl (C=O) groups excluding carboxylic acids is 3. The van der Waals surface area contributed by atoms with E-state index in [1.54, 1.807) is 30.3 Å². The summed E-state index contributed by atoms with van der Waals surface area (Å²) in [6.07, 6.45) is -0.0612. The number of amides is 3. The number of fused-ring (bicyclic) bond motifs is 2. The zero-order valence-corrected chi connectivity index (χ0v) is 20.4. The van der Waals surface area contributed by atoms with Crippen LogP contribution in [-0.2, 0) is 32.1 Å². The van der Waals surface area contributed by atoms with E-state index in [0.29, 0.717) is 16.5 Å². The van der Waals surface area contributed by atoms with Gasteiger partial charge in [0.25, 0.3) is 11.8 Å². The highest BCUT2D eigenvalue weighted by molar-refractivity contribution is 6.62. The molecule has 0 saturated heterocycles. The van der Waals surface area contributed by atoms with Crippen molar-refractivity contribution in [2.75, 3.05) is 13.1 Å². The van der Waals surface area contributed by atoms with Gasteiger partial charge in [0.05, 0.1) is 19.6 Å². The van der Waals surface area contributed by atoms with Crippen LogP contribution < -0.4 is 26.9 Å². The van der Waals surface area contributed by atoms with E-state index in [-0.39, 0.29) is 57.0 Å². The fourth-order valence-corrected chi connectivity index (χ4v) is 4.23. The molecule has 6 N–H and O–H groups in total. The van der Waals surface area contributed by atoms with E-state index in [0.717, 1.165) is 11.1 Å². The Morgan fingerprint density at radius 3 is 2.00 bits per heavy atom. The number of hydrogen-bond acceptors (Lipinski definition) is 8. The molecule has 0 saturated carbocycles. The molecule has 2 aliphatic heterocycles. The van der Waals surface area contributed by atoms with Gasteiger partial charge in [-0.05, 0) is 52.7 Å². The van der Waals surface area contributed by atoms with E-state index in [4.69, 9.17) is 14.4 Å². The molecule has 12 nitrogen and oxygen atoms in total. The van der Waals surface area contributed by atoms with Crippen LogP contribution in [-0.4, -0.2) is 72.2 Å². The van der Waals surface area contributed by atoms with Crippen molar-refractivity contribution in [3.8, 4) is 0 Å². The first kappa shape index (κ1) is 27.3. The van der Waals surface area contributed by atoms with E-state index in [1.807, 2.05) is 0 Å². The highest BCUT2D eigenvalue weighted by atomic mass is 16.5. The SMILES string of the molecule is O=C(O)CCNC(=O)CC[C@H](CNC(=O)c1ccc2c(c1)B(O)OC2)NC(=O)c1ccc2c(c1)B(O)OC2. The van der Waals surface area contributed by atoms with Gasteiger partial charge >= 0.3 is 20.2 Å². The maximum absolute atomic E-state index is 13.0. The molecule has 2 heterocycles. The topological polar surface area (TPSA) is 184 Å². The Hall–Kier alpha value is -3.71. The van der Waals surface area contributed by atoms with Crippen molar-refractivity contribution in [3.05, 3.63) is 58.7 Å². The van der Waals surface area contributed by atoms with E-state index in [2.05, 4.69) is 16.0 Å². The number of rotatable bonds is 11. The number of benzene rings is 2. The summed E-state index contributed by atoms with van der Waals surface area (Å²) in [5.74, 6) is -2.32. The predicted octanol–water partition coefficient (Wildman–Crippen LogP) is -1.98. The molecule has 38 heavy (non-hydrogen) atoms. The second-order valence-electron chi connectivity index (χ2n) is 9.07. The smallest absolute Gasteiger partial charge is 0.481 e. The molecular formula is C24H27B2N3O9. The van der Waals surface area contributed by atoms with Gasteiger partial charge in [0.15, 0.2) is 0 Å². The monoisotopic (exact) mass is 523 g/mol. The summed E-state index contributed by atoms with van der Waals surface area (Å²) in [6.45, 7) is 0.484. The largest absolute Gasteiger partial charge is 0.491 e. The lowest BCUT2D eigenvalue weighted by Gasteiger charge is -2.20. The Balaban J connectivity index is 1.40. The Bertz CT molecular complexity index is 1240. The van der Waals surface area contributed by atoms with E-state index in [9.17, 15) is 29.2 Å². The van der Waals surface area contributed by atoms with Crippen molar-refractivity contribution in [3.63, 3.8) is 0 Å². The molecule has 0 bridgehead atoms. The summed E-state index contributed by atoms with van der Waals surface area (Å²) in [6, 6.07) is 9.04. The molecule has 14 heteroatoms. The highest BCUT2D eigenvalue weighted by Crippen LogP contribution is 2.13. The average molecular weight is 523 g/mol. The third-order valence-electron chi connectivity index (χ3n) is 6.37. The van der Waals surface area contributed by atoms with Crippen LogP contribution in [0, 0.1) is 0 Å². The van der Waals surface area contributed by atoms with Gasteiger partial charge in [-0.3, -0.25) is 19.2 Å². The van der Waals surface area contributed by atoms with Gasteiger partial charge in [-0.2, -0.15) is 0 Å². The molecule has 0 unspecified atom stereocenters. The van der Waals surface area contributed by atoms with Crippen molar-refractivity contribution in [1.82, 2.24) is 16.0 Å². The molecule has 2 aromatic carbocycles. The third kappa shape index (κ3) is 6.78. The second kappa shape index (κ2) is 12.2. The molecule has 0 radical (unpaired) electrons. The van der Waals surface area contributed by atoms with Gasteiger partial charge in [0, 0.05) is 36.7 Å². The number of aliphatic carboxylic acids is 1. The minimum Gasteiger partial charge on any atom is -0.481 e. The number of carboxylic acids is 1. The normalized spacial score (nSPS) is 14.5. The minimum absolute atomic E-state index is 0.000204. The second-order valence-corrected chi connectivity index (χ2v) is 9.07. The Kier molecular flexibility index (Phi) is 8.79. The van der Waals surface area contributed by atoms with Crippen molar-refractivity contribution in [1.29, 1.82) is 0 Å². The van der Waals surface area contributed by atoms with Gasteiger partial charge in [0.1, 0.15) is 0 Å². The van der Waals surface area contributed by atoms with Crippen LogP contribution in [0.1, 0.15) is 51.1 Å². The van der Waals surface area contributed by atoms with Crippen LogP contribution in [0.5, 0.6) is 0 Å². The first-order chi connectivity index (χ1) is 18.2. The quantitative estimate of drug-likeness (QED) is 0.182. The molecule has 0 spiro atoms. The zero-order valence-electron chi connectivity index (χ0n) is 20.4. The van der Waals surface area contributed by atoms with Crippen LogP contribution in [0.4, 0.5) is 0 Å². The number of carboxylic acid groups (broad SMARTS) is 1. The Morgan fingerprint density at radius 1 is 0.842 bits per heavy atom. The average Bonchev–Trinajstić information content (AvgIpc) is 3.46. The summed E-state index contributed by atoms with van der Waals surface area (Å²) in [5.41, 5.74) is 3.17. The molecule has 0 aromatic heterocycles. The summed E-state index contributed by atoms with van der Waals surface area (Å²) in [4.78, 5) is 48.6. The Labute approximate surface area is 219 Å². The molecule has 198 valence electrons. The Morgan fingerprint density at radius 2 is 1.42 bits per heavy atom. The van der Waals surface area contributed by atoms with Crippen molar-refractivity contribution in [2.45, 2.75) is 38.5 Å². The third-order valence-corrected chi connectivity index (χ3v) is 6.37. The predicted molar refractivity (Wildman–Crippen MR) is 136 cm³/mol. The summed E-state index contributed by atoms with van der Waals surface area (Å²) >= 11 is 0. The number of hydrogen-bond donors (Lipinski definition) is 6. The molecule has 1 atom stereocenters. The lowest BCUT2D eigenvalue weighted by atomic mass is 9.78. The lowest BCUT2D eigenvalue weighted by molar-refractivity contribution is -0.136. The maximum atomic E-state index is 13.0. The van der Waals surface area contributed by atoms with E-state index in [1.165, 1.54) is 6.07 Å². The van der Waals surface area contributed by atoms with Crippen LogP contribution in [0.3, 0.4) is 0 Å². The van der Waals surface area contributed by atoms with Crippen LogP contribution in [0.2, 0.25) is 0 Å². The first-order valence-electron chi connectivity index (χ1n) is 12.1. The number of carbonyl (C=O) groups is 4. The molecular weight excluding hydrogens is 496 g/mol. The van der Waals surface area contributed by atoms with Crippen LogP contribution in [0.25, 0.3) is 0 Å². The van der Waals surface area contributed by atoms with Crippen LogP contribution >= 0.6 is 0 Å². The number of nitrogens with one attached hydrogen (secondary N) is 3. The van der Waals surface area contributed by atoms with Gasteiger partial charge in [-0.1, -0.05) is 12.1 Å². The fourth-order valence-electron chi connectivity index (χ4n) is 4.23. The highest BCUT2D eigenvalue weighted by Gasteiger charge is 2.29. The molecule has 4 rings (SSSR count). The molecule has 3 amide bonds. The molecule has 0 fully saturated rings. The lowest BCUT2D eigenvalue weighted by Crippen LogP contribution is -2.45. The van der Waals surface area contributed by atoms with Crippen molar-refractivity contribution in [2.24, 2.45) is 0 Å². The van der Waals surface area contributed by atoms with Crippen molar-refractivity contribution >= 4 is 48.9 Å². The fraction of sp³-hybridized carbons (Fsp3) is 0.333. The maximum Gasteiger partial charge on any atom is 0.491 e. The van der Waals surface area contributed by atoms with Crippen molar-refractivity contribution < 1.29 is 43.6 Å². The molecule has 2 aliphatic rings. The van der Waals surface area contributed by atoms with E-state index < -0.39 is 38.1 Å². The summed E-state index contributed by atoms with van der Waals surface area (Å²) in [5, 5.41) is 36.6. The van der Waals surface area contributed by atoms with Gasteiger partial charge in [0.2, 0.25) is 5.91 Å². The van der Waals surface area contributed by atoms with Gasteiger partial charge < -0.3 is 40.4 Å². The van der Waals surface area contributed by atoms with Crippen LogP contribution in [0.15, 0.2) is 36.4 Å². The first-order valence-corrected chi connectivity index (χ1v) is 12.1. The van der Waals surface area contributed by atoms with E-state index >= 15 is 0 Å². The standard InChI is InChI=1S/C24H27B2N3O9/c30-21(27-8-7-22(31)32)6-5-18(29-24(34)15-2-4-17-13-38-26(36)20(17)10-15)11-28-23(33)14-1-3-16-12-37-25(35)19(16)9-14/h1-4,9-10,18,35-36H,5-8,11-13H2,(H,27,30)(H,28,33)(H,29,34)(H,31,32)/t18-/m1/s1. The molecule has 0 aliphatic carbocycles. The van der Waals surface area contributed by atoms with Gasteiger partial charge in [-0.25, -0.2) is 0 Å².